The van der Waals surface area contributed by atoms with Gasteiger partial charge in [0.25, 0.3) is 5.91 Å². The molecule has 1 aromatic heterocycles. The summed E-state index contributed by atoms with van der Waals surface area (Å²) < 4.78 is 5.10. The van der Waals surface area contributed by atoms with E-state index < -0.39 is 0 Å². The molecule has 1 fully saturated rings. The van der Waals surface area contributed by atoms with Gasteiger partial charge in [-0.05, 0) is 31.5 Å². The van der Waals surface area contributed by atoms with Crippen molar-refractivity contribution >= 4 is 17.5 Å². The Hall–Kier alpha value is -1.85. The Balaban J connectivity index is 1.58. The van der Waals surface area contributed by atoms with Crippen molar-refractivity contribution in [1.82, 2.24) is 15.0 Å². The maximum absolute atomic E-state index is 12.6. The highest BCUT2D eigenvalue weighted by atomic mass is 35.5. The third-order valence-electron chi connectivity index (χ3n) is 4.23. The predicted molar refractivity (Wildman–Crippen MR) is 88.6 cm³/mol. The van der Waals surface area contributed by atoms with E-state index in [0.29, 0.717) is 17.0 Å². The lowest BCUT2D eigenvalue weighted by molar-refractivity contribution is 0.0626. The Morgan fingerprint density at radius 1 is 1.17 bits per heavy atom. The Kier molecular flexibility index (Phi) is 4.68. The maximum atomic E-state index is 12.6. The molecule has 0 unspecified atom stereocenters. The largest absolute Gasteiger partial charge is 0.361 e. The summed E-state index contributed by atoms with van der Waals surface area (Å²) in [6.45, 7) is 7.62. The number of hydrogen-bond donors (Lipinski definition) is 0. The van der Waals surface area contributed by atoms with E-state index in [2.05, 4.69) is 10.1 Å². The van der Waals surface area contributed by atoms with Crippen LogP contribution >= 0.6 is 11.6 Å². The van der Waals surface area contributed by atoms with Crippen molar-refractivity contribution in [3.8, 4) is 0 Å². The molecule has 1 aromatic carbocycles. The molecular formula is C17H20ClN3O2. The molecule has 1 aliphatic heterocycles. The average Bonchev–Trinajstić information content (AvgIpc) is 2.88. The molecule has 3 rings (SSSR count). The van der Waals surface area contributed by atoms with Crippen LogP contribution in [0.4, 0.5) is 0 Å². The minimum Gasteiger partial charge on any atom is -0.361 e. The van der Waals surface area contributed by atoms with Gasteiger partial charge in [-0.25, -0.2) is 0 Å². The van der Waals surface area contributed by atoms with Crippen LogP contribution in [0.2, 0.25) is 5.02 Å². The lowest BCUT2D eigenvalue weighted by Crippen LogP contribution is -2.48. The zero-order valence-corrected chi connectivity index (χ0v) is 14.1. The van der Waals surface area contributed by atoms with Gasteiger partial charge in [-0.3, -0.25) is 9.69 Å². The lowest BCUT2D eigenvalue weighted by atomic mass is 10.1. The van der Waals surface area contributed by atoms with E-state index in [1.165, 1.54) is 5.56 Å². The van der Waals surface area contributed by atoms with Crippen LogP contribution in [-0.4, -0.2) is 47.0 Å². The van der Waals surface area contributed by atoms with Crippen LogP contribution in [0.1, 0.15) is 27.4 Å². The number of piperazine rings is 1. The second kappa shape index (κ2) is 6.72. The zero-order valence-electron chi connectivity index (χ0n) is 13.4. The monoisotopic (exact) mass is 333 g/mol. The van der Waals surface area contributed by atoms with Gasteiger partial charge in [0.2, 0.25) is 0 Å². The van der Waals surface area contributed by atoms with Gasteiger partial charge >= 0.3 is 0 Å². The van der Waals surface area contributed by atoms with Crippen LogP contribution < -0.4 is 0 Å². The molecule has 0 radical (unpaired) electrons. The van der Waals surface area contributed by atoms with Crippen molar-refractivity contribution in [3.05, 3.63) is 51.9 Å². The van der Waals surface area contributed by atoms with E-state index in [1.54, 1.807) is 13.8 Å². The first-order chi connectivity index (χ1) is 11.0. The van der Waals surface area contributed by atoms with Crippen molar-refractivity contribution in [2.24, 2.45) is 0 Å². The number of aryl methyl sites for hydroxylation is 2. The van der Waals surface area contributed by atoms with E-state index in [-0.39, 0.29) is 5.91 Å². The fourth-order valence-corrected chi connectivity index (χ4v) is 3.03. The number of carbonyl (C=O) groups excluding carboxylic acids is 1. The molecule has 2 aromatic rings. The second-order valence-corrected chi connectivity index (χ2v) is 6.33. The Morgan fingerprint density at radius 2 is 1.83 bits per heavy atom. The van der Waals surface area contributed by atoms with Gasteiger partial charge in [0.05, 0.1) is 5.69 Å². The fourth-order valence-electron chi connectivity index (χ4n) is 2.90. The second-order valence-electron chi connectivity index (χ2n) is 5.89. The number of benzene rings is 1. The summed E-state index contributed by atoms with van der Waals surface area (Å²) in [5, 5.41) is 4.62. The van der Waals surface area contributed by atoms with Gasteiger partial charge in [-0.15, -0.1) is 0 Å². The Labute approximate surface area is 140 Å². The van der Waals surface area contributed by atoms with E-state index in [1.807, 2.05) is 29.2 Å². The van der Waals surface area contributed by atoms with Crippen molar-refractivity contribution < 1.29 is 9.32 Å². The van der Waals surface area contributed by atoms with Crippen LogP contribution in [0, 0.1) is 13.8 Å². The van der Waals surface area contributed by atoms with Crippen molar-refractivity contribution in [3.63, 3.8) is 0 Å². The van der Waals surface area contributed by atoms with Crippen LogP contribution in [-0.2, 0) is 6.54 Å². The van der Waals surface area contributed by atoms with E-state index in [4.69, 9.17) is 16.1 Å². The highest BCUT2D eigenvalue weighted by Crippen LogP contribution is 2.17. The first-order valence-electron chi connectivity index (χ1n) is 7.73. The molecular weight excluding hydrogens is 314 g/mol. The molecule has 5 nitrogen and oxygen atoms in total. The molecule has 0 N–H and O–H groups in total. The van der Waals surface area contributed by atoms with Gasteiger partial charge < -0.3 is 9.42 Å². The molecule has 0 aliphatic carbocycles. The van der Waals surface area contributed by atoms with Crippen LogP contribution in [0.3, 0.4) is 0 Å². The van der Waals surface area contributed by atoms with Crippen molar-refractivity contribution in [1.29, 1.82) is 0 Å². The zero-order chi connectivity index (χ0) is 16.4. The number of rotatable bonds is 3. The topological polar surface area (TPSA) is 49.6 Å². The Bertz CT molecular complexity index is 669. The molecule has 0 atom stereocenters. The molecule has 23 heavy (non-hydrogen) atoms. The summed E-state index contributed by atoms with van der Waals surface area (Å²) in [4.78, 5) is 16.8. The van der Waals surface area contributed by atoms with Crippen LogP contribution in [0.15, 0.2) is 28.8 Å². The predicted octanol–water partition coefficient (Wildman–Crippen LogP) is 2.90. The smallest absolute Gasteiger partial charge is 0.259 e. The summed E-state index contributed by atoms with van der Waals surface area (Å²) >= 11 is 5.91. The summed E-state index contributed by atoms with van der Waals surface area (Å²) in [7, 11) is 0. The number of nitrogens with zero attached hydrogens (tertiary/aromatic N) is 3. The van der Waals surface area contributed by atoms with Crippen molar-refractivity contribution in [2.45, 2.75) is 20.4 Å². The van der Waals surface area contributed by atoms with Gasteiger partial charge in [-0.2, -0.15) is 0 Å². The molecule has 0 spiro atoms. The molecule has 2 heterocycles. The number of amides is 1. The third-order valence-corrected chi connectivity index (χ3v) is 4.48. The number of hydrogen-bond acceptors (Lipinski definition) is 4. The molecule has 6 heteroatoms. The summed E-state index contributed by atoms with van der Waals surface area (Å²) in [6.07, 6.45) is 0. The molecule has 0 bridgehead atoms. The number of aromatic nitrogens is 1. The van der Waals surface area contributed by atoms with Gasteiger partial charge in [0.1, 0.15) is 11.3 Å². The molecule has 1 aliphatic rings. The van der Waals surface area contributed by atoms with Gasteiger partial charge in [0, 0.05) is 37.7 Å². The fraction of sp³-hybridized carbons (Fsp3) is 0.412. The SMILES string of the molecule is Cc1noc(C)c1C(=O)N1CCN(Cc2ccc(Cl)cc2)CC1. The van der Waals surface area contributed by atoms with E-state index >= 15 is 0 Å². The van der Waals surface area contributed by atoms with Crippen LogP contribution in [0.25, 0.3) is 0 Å². The van der Waals surface area contributed by atoms with E-state index in [9.17, 15) is 4.79 Å². The lowest BCUT2D eigenvalue weighted by Gasteiger charge is -2.34. The highest BCUT2D eigenvalue weighted by Gasteiger charge is 2.26. The first kappa shape index (κ1) is 16.0. The minimum absolute atomic E-state index is 0.0207. The van der Waals surface area contributed by atoms with Crippen LogP contribution in [0.5, 0.6) is 0 Å². The average molecular weight is 334 g/mol. The molecule has 1 amide bonds. The quantitative estimate of drug-likeness (QED) is 0.866. The van der Waals surface area contributed by atoms with Crippen molar-refractivity contribution in [2.75, 3.05) is 26.2 Å². The molecule has 122 valence electrons. The standard InChI is InChI=1S/C17H20ClN3O2/c1-12-16(13(2)23-19-12)17(22)21-9-7-20(8-10-21)11-14-3-5-15(18)6-4-14/h3-6H,7-11H2,1-2H3. The number of carbonyl (C=O) groups is 1. The normalized spacial score (nSPS) is 15.9. The summed E-state index contributed by atoms with van der Waals surface area (Å²) in [6, 6.07) is 7.91. The summed E-state index contributed by atoms with van der Waals surface area (Å²) in [5.41, 5.74) is 2.51. The molecule has 0 saturated carbocycles. The van der Waals surface area contributed by atoms with E-state index in [0.717, 1.165) is 37.7 Å². The maximum Gasteiger partial charge on any atom is 0.259 e. The Morgan fingerprint density at radius 3 is 2.39 bits per heavy atom. The minimum atomic E-state index is 0.0207. The third kappa shape index (κ3) is 3.57. The first-order valence-corrected chi connectivity index (χ1v) is 8.11. The summed E-state index contributed by atoms with van der Waals surface area (Å²) in [5.74, 6) is 0.614. The van der Waals surface area contributed by atoms with Gasteiger partial charge in [0.15, 0.2) is 0 Å². The van der Waals surface area contributed by atoms with Gasteiger partial charge in [-0.1, -0.05) is 28.9 Å². The molecule has 1 saturated heterocycles. The number of halogens is 1. The highest BCUT2D eigenvalue weighted by molar-refractivity contribution is 6.30.